The van der Waals surface area contributed by atoms with Gasteiger partial charge < -0.3 is 10.1 Å². The minimum absolute atomic E-state index is 0.609. The summed E-state index contributed by atoms with van der Waals surface area (Å²) < 4.78 is 6.75. The van der Waals surface area contributed by atoms with Crippen molar-refractivity contribution in [3.05, 3.63) is 47.8 Å². The molecule has 2 aromatic heterocycles. The number of nitrogens with one attached hydrogen (secondary N) is 1. The molecule has 0 saturated heterocycles. The van der Waals surface area contributed by atoms with Crippen LogP contribution in [0.3, 0.4) is 0 Å². The van der Waals surface area contributed by atoms with Gasteiger partial charge in [-0.25, -0.2) is 0 Å². The van der Waals surface area contributed by atoms with Crippen LogP contribution in [0, 0.1) is 0 Å². The van der Waals surface area contributed by atoms with Crippen molar-refractivity contribution >= 4 is 11.5 Å². The van der Waals surface area contributed by atoms with Gasteiger partial charge in [-0.1, -0.05) is 24.3 Å². The Balaban J connectivity index is 1.76. The van der Waals surface area contributed by atoms with Crippen molar-refractivity contribution in [3.63, 3.8) is 0 Å². The van der Waals surface area contributed by atoms with Crippen molar-refractivity contribution in [2.24, 2.45) is 0 Å². The average molecular weight is 270 g/mol. The number of tetrazole rings is 1. The Morgan fingerprint density at radius 2 is 2.15 bits per heavy atom. The van der Waals surface area contributed by atoms with Gasteiger partial charge in [0.15, 0.2) is 11.5 Å². The summed E-state index contributed by atoms with van der Waals surface area (Å²) in [6, 6.07) is 8.21. The number of hydrogen-bond donors (Lipinski definition) is 1. The van der Waals surface area contributed by atoms with Gasteiger partial charge in [0.25, 0.3) is 0 Å². The van der Waals surface area contributed by atoms with Crippen molar-refractivity contribution in [1.82, 2.24) is 25.0 Å². The third-order valence-electron chi connectivity index (χ3n) is 2.88. The lowest BCUT2D eigenvalue weighted by atomic mass is 10.1. The fraction of sp³-hybridized carbons (Fsp3) is 0.231. The normalized spacial score (nSPS) is 10.8. The summed E-state index contributed by atoms with van der Waals surface area (Å²) in [5, 5.41) is 14.7. The smallest absolute Gasteiger partial charge is 0.199 e. The van der Waals surface area contributed by atoms with Gasteiger partial charge in [-0.15, -0.1) is 5.10 Å². The number of aromatic nitrogens is 5. The predicted molar refractivity (Wildman–Crippen MR) is 73.1 cm³/mol. The monoisotopic (exact) mass is 270 g/mol. The van der Waals surface area contributed by atoms with Crippen molar-refractivity contribution < 1.29 is 4.74 Å². The highest BCUT2D eigenvalue weighted by Gasteiger charge is 2.03. The van der Waals surface area contributed by atoms with Gasteiger partial charge >= 0.3 is 0 Å². The second-order valence-electron chi connectivity index (χ2n) is 4.35. The molecule has 3 aromatic rings. The molecule has 1 aromatic carbocycles. The van der Waals surface area contributed by atoms with Crippen molar-refractivity contribution in [1.29, 1.82) is 0 Å². The number of nitrogens with zero attached hydrogens (tertiary/aromatic N) is 5. The number of fused-ring (bicyclic) bond motifs is 1. The lowest BCUT2D eigenvalue weighted by molar-refractivity contribution is 0.185. The number of benzene rings is 1. The van der Waals surface area contributed by atoms with Crippen molar-refractivity contribution in [3.8, 4) is 0 Å². The zero-order valence-electron chi connectivity index (χ0n) is 11.0. The maximum Gasteiger partial charge on any atom is 0.199 e. The maximum atomic E-state index is 5.13. The van der Waals surface area contributed by atoms with Crippen LogP contribution in [0.25, 0.3) is 5.65 Å². The summed E-state index contributed by atoms with van der Waals surface area (Å²) in [6.45, 7) is 1.27. The van der Waals surface area contributed by atoms with E-state index in [0.717, 1.165) is 16.9 Å². The molecular formula is C13H14N6O. The third-order valence-corrected chi connectivity index (χ3v) is 2.88. The second kappa shape index (κ2) is 5.62. The van der Waals surface area contributed by atoms with Crippen LogP contribution in [0.1, 0.15) is 11.1 Å². The summed E-state index contributed by atoms with van der Waals surface area (Å²) in [5.74, 6) is 0.754. The van der Waals surface area contributed by atoms with E-state index in [2.05, 4.69) is 38.0 Å². The van der Waals surface area contributed by atoms with Crippen LogP contribution in [0.15, 0.2) is 36.7 Å². The zero-order valence-corrected chi connectivity index (χ0v) is 11.0. The molecule has 102 valence electrons. The molecule has 2 heterocycles. The highest BCUT2D eigenvalue weighted by atomic mass is 16.5. The molecule has 3 rings (SSSR count). The Kier molecular flexibility index (Phi) is 3.51. The Bertz CT molecular complexity index is 711. The molecule has 7 nitrogen and oxygen atoms in total. The summed E-state index contributed by atoms with van der Waals surface area (Å²) in [4.78, 5) is 4.10. The predicted octanol–water partition coefficient (Wildman–Crippen LogP) is 1.28. The lowest BCUT2D eigenvalue weighted by Crippen LogP contribution is -2.06. The van der Waals surface area contributed by atoms with E-state index in [1.54, 1.807) is 24.0 Å². The molecule has 0 fully saturated rings. The largest absolute Gasteiger partial charge is 0.380 e. The Labute approximate surface area is 115 Å². The highest BCUT2D eigenvalue weighted by molar-refractivity contribution is 5.44. The van der Waals surface area contributed by atoms with Gasteiger partial charge in [-0.3, -0.25) is 4.98 Å². The van der Waals surface area contributed by atoms with E-state index in [-0.39, 0.29) is 0 Å². The van der Waals surface area contributed by atoms with E-state index in [9.17, 15) is 0 Å². The fourth-order valence-electron chi connectivity index (χ4n) is 1.98. The Hall–Kier alpha value is -2.54. The van der Waals surface area contributed by atoms with Gasteiger partial charge in [-0.05, 0) is 21.6 Å². The average Bonchev–Trinajstić information content (AvgIpc) is 2.95. The summed E-state index contributed by atoms with van der Waals surface area (Å²) >= 11 is 0. The molecule has 20 heavy (non-hydrogen) atoms. The minimum Gasteiger partial charge on any atom is -0.380 e. The molecule has 7 heteroatoms. The highest BCUT2D eigenvalue weighted by Crippen LogP contribution is 2.10. The van der Waals surface area contributed by atoms with Crippen LogP contribution in [0.4, 0.5) is 5.82 Å². The number of hydrogen-bond acceptors (Lipinski definition) is 6. The van der Waals surface area contributed by atoms with Crippen LogP contribution < -0.4 is 5.32 Å². The first-order valence-electron chi connectivity index (χ1n) is 6.19. The molecular weight excluding hydrogens is 256 g/mol. The molecule has 0 unspecified atom stereocenters. The maximum absolute atomic E-state index is 5.13. The minimum atomic E-state index is 0.609. The lowest BCUT2D eigenvalue weighted by Gasteiger charge is -2.08. The standard InChI is InChI=1S/C13H14N6O/c1-20-9-11-4-2-3-10(5-11)6-15-12-7-14-8-13-16-17-18-19(12)13/h2-5,7-8,15H,6,9H2,1H3. The van der Waals surface area contributed by atoms with E-state index < -0.39 is 0 Å². The zero-order chi connectivity index (χ0) is 13.8. The van der Waals surface area contributed by atoms with Gasteiger partial charge in [-0.2, -0.15) is 4.52 Å². The SMILES string of the molecule is COCc1cccc(CNc2cncc3nnnn23)c1. The quantitative estimate of drug-likeness (QED) is 0.752. The number of anilines is 1. The molecule has 0 aliphatic carbocycles. The first-order valence-corrected chi connectivity index (χ1v) is 6.19. The molecule has 0 radical (unpaired) electrons. The molecule has 0 amide bonds. The van der Waals surface area contributed by atoms with Gasteiger partial charge in [0, 0.05) is 13.7 Å². The van der Waals surface area contributed by atoms with E-state index in [4.69, 9.17) is 4.74 Å². The molecule has 0 spiro atoms. The van der Waals surface area contributed by atoms with Crippen molar-refractivity contribution in [2.75, 3.05) is 12.4 Å². The topological polar surface area (TPSA) is 77.2 Å². The van der Waals surface area contributed by atoms with Crippen LogP contribution in [0.2, 0.25) is 0 Å². The molecule has 0 aliphatic heterocycles. The van der Waals surface area contributed by atoms with Crippen LogP contribution in [0.5, 0.6) is 0 Å². The third kappa shape index (κ3) is 2.57. The van der Waals surface area contributed by atoms with Crippen LogP contribution >= 0.6 is 0 Å². The van der Waals surface area contributed by atoms with Crippen LogP contribution in [-0.2, 0) is 17.9 Å². The van der Waals surface area contributed by atoms with Crippen molar-refractivity contribution in [2.45, 2.75) is 13.2 Å². The van der Waals surface area contributed by atoms with E-state index >= 15 is 0 Å². The molecule has 1 N–H and O–H groups in total. The number of methoxy groups -OCH3 is 1. The number of ether oxygens (including phenoxy) is 1. The Morgan fingerprint density at radius 1 is 1.25 bits per heavy atom. The summed E-state index contributed by atoms with van der Waals surface area (Å²) in [7, 11) is 1.69. The van der Waals surface area contributed by atoms with Gasteiger partial charge in [0.1, 0.15) is 0 Å². The molecule has 0 aliphatic rings. The molecule has 0 bridgehead atoms. The number of rotatable bonds is 5. The second-order valence-corrected chi connectivity index (χ2v) is 4.35. The molecule has 0 atom stereocenters. The van der Waals surface area contributed by atoms with Gasteiger partial charge in [0.2, 0.25) is 0 Å². The summed E-state index contributed by atoms with van der Waals surface area (Å²) in [5.41, 5.74) is 2.92. The van der Waals surface area contributed by atoms with E-state index in [1.807, 2.05) is 12.1 Å². The Morgan fingerprint density at radius 3 is 3.05 bits per heavy atom. The van der Waals surface area contributed by atoms with Crippen LogP contribution in [-0.4, -0.2) is 32.1 Å². The van der Waals surface area contributed by atoms with Gasteiger partial charge in [0.05, 0.1) is 19.0 Å². The first-order chi connectivity index (χ1) is 9.86. The fourth-order valence-corrected chi connectivity index (χ4v) is 1.98. The van der Waals surface area contributed by atoms with E-state index in [1.165, 1.54) is 0 Å². The first kappa shape index (κ1) is 12.5. The summed E-state index contributed by atoms with van der Waals surface area (Å²) in [6.07, 6.45) is 3.31. The van der Waals surface area contributed by atoms with E-state index in [0.29, 0.717) is 18.8 Å². The molecule has 0 saturated carbocycles.